The van der Waals surface area contributed by atoms with Crippen LogP contribution in [0, 0.1) is 17.0 Å². The van der Waals surface area contributed by atoms with Crippen LogP contribution in [0.5, 0.6) is 0 Å². The first-order chi connectivity index (χ1) is 33.6. The van der Waals surface area contributed by atoms with Gasteiger partial charge in [-0.05, 0) is 90.5 Å². The Balaban J connectivity index is 0.770. The molecule has 4 fully saturated rings. The minimum Gasteiger partial charge on any atom is -0.410 e. The van der Waals surface area contributed by atoms with Crippen LogP contribution in [0.4, 0.5) is 24.5 Å². The number of aromatic amines is 1. The maximum absolute atomic E-state index is 15.8. The molecule has 71 heavy (non-hydrogen) atoms. The van der Waals surface area contributed by atoms with Crippen LogP contribution in [0.15, 0.2) is 73.1 Å². The topological polar surface area (TPSA) is 177 Å². The number of pyridine rings is 1. The molecule has 0 saturated carbocycles. The molecule has 2 aromatic heterocycles. The van der Waals surface area contributed by atoms with Crippen LogP contribution in [0.1, 0.15) is 90.0 Å². The third-order valence-electron chi connectivity index (χ3n) is 15.4. The number of H-pyrrole nitrogens is 1. The number of aromatic nitrogens is 2. The quantitative estimate of drug-likeness (QED) is 0.0575. The molecule has 3 amide bonds. The van der Waals surface area contributed by atoms with Gasteiger partial charge in [0, 0.05) is 104 Å². The van der Waals surface area contributed by atoms with Crippen LogP contribution in [0.2, 0.25) is 18.1 Å². The summed E-state index contributed by atoms with van der Waals surface area (Å²) in [6.45, 7) is 15.6. The number of benzene rings is 3. The summed E-state index contributed by atoms with van der Waals surface area (Å²) in [5, 5.41) is 2.69. The van der Waals surface area contributed by atoms with E-state index in [1.165, 1.54) is 6.20 Å². The number of hydrogen-bond acceptors (Lipinski definition) is 10. The summed E-state index contributed by atoms with van der Waals surface area (Å²) in [5.41, 5.74) is 3.90. The fraction of sp³-hybridized carbons (Fsp3) is 0.431. The Morgan fingerprint density at radius 2 is 1.73 bits per heavy atom. The Morgan fingerprint density at radius 1 is 0.986 bits per heavy atom. The number of carbonyl (C=O) groups is 4. The second-order valence-corrected chi connectivity index (χ2v) is 27.8. The molecule has 3 atom stereocenters. The van der Waals surface area contributed by atoms with E-state index >= 15 is 8.78 Å². The van der Waals surface area contributed by atoms with Crippen molar-refractivity contribution in [1.82, 2.24) is 29.4 Å². The van der Waals surface area contributed by atoms with Gasteiger partial charge in [-0.2, -0.15) is 12.7 Å². The van der Waals surface area contributed by atoms with Crippen molar-refractivity contribution >= 4 is 64.4 Å². The largest absolute Gasteiger partial charge is 0.410 e. The number of amides is 3. The highest BCUT2D eigenvalue weighted by Gasteiger charge is 2.52. The molecule has 3 aromatic carbocycles. The van der Waals surface area contributed by atoms with Gasteiger partial charge < -0.3 is 24.1 Å². The van der Waals surface area contributed by atoms with E-state index in [9.17, 15) is 32.0 Å². The number of alkyl halides is 1. The molecule has 3 N–H and O–H groups in total. The number of imide groups is 1. The van der Waals surface area contributed by atoms with E-state index < -0.39 is 71.9 Å². The lowest BCUT2D eigenvalue weighted by Gasteiger charge is -2.61. The summed E-state index contributed by atoms with van der Waals surface area (Å²) in [6, 6.07) is 16.7. The Kier molecular flexibility index (Phi) is 12.3. The number of nitrogens with one attached hydrogen (secondary N) is 3. The summed E-state index contributed by atoms with van der Waals surface area (Å²) in [4.78, 5) is 65.5. The van der Waals surface area contributed by atoms with E-state index in [0.717, 1.165) is 78.0 Å². The third-order valence-corrected chi connectivity index (χ3v) is 21.3. The van der Waals surface area contributed by atoms with E-state index in [0.29, 0.717) is 35.1 Å². The van der Waals surface area contributed by atoms with Gasteiger partial charge in [-0.3, -0.25) is 29.2 Å². The number of halogens is 3. The maximum Gasteiger partial charge on any atom is 0.301 e. The Labute approximate surface area is 411 Å². The zero-order valence-corrected chi connectivity index (χ0v) is 42.1. The van der Waals surface area contributed by atoms with Gasteiger partial charge in [0.25, 0.3) is 5.91 Å². The van der Waals surface area contributed by atoms with Gasteiger partial charge in [0.1, 0.15) is 23.7 Å². The smallest absolute Gasteiger partial charge is 0.301 e. The van der Waals surface area contributed by atoms with Gasteiger partial charge in [0.05, 0.1) is 17.4 Å². The van der Waals surface area contributed by atoms with E-state index in [1.807, 2.05) is 41.1 Å². The van der Waals surface area contributed by atoms with Gasteiger partial charge >= 0.3 is 10.2 Å². The summed E-state index contributed by atoms with van der Waals surface area (Å²) < 4.78 is 80.4. The lowest BCUT2D eigenvalue weighted by Crippen LogP contribution is -2.72. The molecule has 1 spiro atoms. The van der Waals surface area contributed by atoms with Crippen LogP contribution >= 0.6 is 0 Å². The summed E-state index contributed by atoms with van der Waals surface area (Å²) in [7, 11) is -6.58. The fourth-order valence-corrected chi connectivity index (χ4v) is 13.0. The second-order valence-electron chi connectivity index (χ2n) is 21.4. The van der Waals surface area contributed by atoms with Crippen LogP contribution in [0.25, 0.3) is 22.2 Å². The second kappa shape index (κ2) is 18.0. The molecule has 4 saturated heterocycles. The molecule has 20 heteroatoms. The normalized spacial score (nSPS) is 21.1. The van der Waals surface area contributed by atoms with E-state index in [-0.39, 0.29) is 53.3 Å². The van der Waals surface area contributed by atoms with Crippen molar-refractivity contribution < 1.29 is 45.2 Å². The molecule has 15 nitrogen and oxygen atoms in total. The number of piperidine rings is 1. The first-order valence-electron chi connectivity index (χ1n) is 24.0. The first-order valence-corrected chi connectivity index (χ1v) is 28.4. The minimum absolute atomic E-state index is 0.000925. The maximum atomic E-state index is 15.8. The predicted molar refractivity (Wildman–Crippen MR) is 264 cm³/mol. The zero-order valence-electron chi connectivity index (χ0n) is 40.3. The highest BCUT2D eigenvalue weighted by atomic mass is 32.2. The molecule has 0 aliphatic carbocycles. The number of fused-ring (bicyclic) bond motifs is 2. The molecular weight excluding hydrogens is 954 g/mol. The van der Waals surface area contributed by atoms with Crippen molar-refractivity contribution in [3.8, 4) is 11.1 Å². The van der Waals surface area contributed by atoms with Crippen LogP contribution < -0.4 is 14.9 Å². The van der Waals surface area contributed by atoms with Crippen molar-refractivity contribution in [3.63, 3.8) is 0 Å². The number of anilines is 2. The lowest BCUT2D eigenvalue weighted by atomic mass is 9.72. The van der Waals surface area contributed by atoms with Gasteiger partial charge in [0.2, 0.25) is 17.6 Å². The van der Waals surface area contributed by atoms with Crippen molar-refractivity contribution in [2.75, 3.05) is 55.4 Å². The van der Waals surface area contributed by atoms with Crippen LogP contribution in [-0.2, 0) is 30.8 Å². The molecule has 374 valence electrons. The monoisotopic (exact) mass is 1010 g/mol. The SMILES string of the molecule is CC(C)(C)[Si](C)(C)O[C@H](CCN1CC2(C1)CN(c1ccc(-c3cnc4[nH]cc(C(=O)c5c(F)ccc(NS(=O)(=O)N6CC[C@@H](F)C6)c5F)c4c3)cc1)C2)c1ccc2c(c1)CN([C@H]1CCC(=O)NC1=O)C2=O. The van der Waals surface area contributed by atoms with E-state index in [4.69, 9.17) is 4.43 Å². The highest BCUT2D eigenvalue weighted by Crippen LogP contribution is 2.45. The molecular formula is C51H57F3N8O7SSi. The van der Waals surface area contributed by atoms with Gasteiger partial charge in [-0.1, -0.05) is 45.0 Å². The van der Waals surface area contributed by atoms with Crippen LogP contribution in [-0.4, -0.2) is 122 Å². The Bertz CT molecular complexity index is 3100. The average Bonchev–Trinajstić information content (AvgIpc) is 4.02. The Hall–Kier alpha value is -5.93. The van der Waals surface area contributed by atoms with Crippen molar-refractivity contribution in [2.24, 2.45) is 5.41 Å². The van der Waals surface area contributed by atoms with Gasteiger partial charge in [-0.25, -0.2) is 18.2 Å². The number of rotatable bonds is 14. The molecule has 0 bridgehead atoms. The van der Waals surface area contributed by atoms with Gasteiger partial charge in [0.15, 0.2) is 14.1 Å². The molecule has 10 rings (SSSR count). The molecule has 0 unspecified atom stereocenters. The molecule has 0 radical (unpaired) electrons. The van der Waals surface area contributed by atoms with Gasteiger partial charge in [-0.15, -0.1) is 0 Å². The van der Waals surface area contributed by atoms with Crippen molar-refractivity contribution in [3.05, 3.63) is 113 Å². The number of hydrogen-bond donors (Lipinski definition) is 3. The van der Waals surface area contributed by atoms with E-state index in [1.54, 1.807) is 17.2 Å². The van der Waals surface area contributed by atoms with Crippen molar-refractivity contribution in [1.29, 1.82) is 0 Å². The number of ketones is 1. The van der Waals surface area contributed by atoms with Crippen LogP contribution in [0.3, 0.4) is 0 Å². The fourth-order valence-electron chi connectivity index (χ4n) is 10.4. The van der Waals surface area contributed by atoms with Crippen molar-refractivity contribution in [2.45, 2.75) is 89.4 Å². The standard InChI is InChI=1S/C51H57F3N8O7SSi/c1-50(2,3)71(4,5)69-42(31-8-11-36-33(20-31)24-62(49(36)66)41-14-15-43(63)57-48(41)65)17-18-59-26-51(27-59)28-60(29-51)35-9-6-30(7-10-35)32-21-37-38(23-56-47(37)55-22-32)46(64)44-39(53)12-13-40(45(44)54)58-70(67,68)61-19-16-34(52)25-61/h6-13,20-23,34,41-42,58H,14-19,24-29H2,1-5H3,(H,55,56)(H,57,63,65)/t34-,41+,42-/m1/s1. The molecule has 7 heterocycles. The Morgan fingerprint density at radius 3 is 2.42 bits per heavy atom. The minimum atomic E-state index is -4.37. The number of likely N-dealkylation sites (tertiary alicyclic amines) is 1. The first kappa shape index (κ1) is 48.7. The molecule has 5 aliphatic heterocycles. The predicted octanol–water partition coefficient (Wildman–Crippen LogP) is 7.48. The number of carbonyl (C=O) groups excluding carboxylic acids is 4. The summed E-state index contributed by atoms with van der Waals surface area (Å²) in [5.74, 6) is -4.50. The molecule has 5 aliphatic rings. The highest BCUT2D eigenvalue weighted by molar-refractivity contribution is 7.90. The number of nitrogens with zero attached hydrogens (tertiary/aromatic N) is 5. The average molecular weight is 1010 g/mol. The lowest BCUT2D eigenvalue weighted by molar-refractivity contribution is -0.136. The molecule has 5 aromatic rings. The third kappa shape index (κ3) is 9.17. The van der Waals surface area contributed by atoms with E-state index in [2.05, 4.69) is 65.0 Å². The summed E-state index contributed by atoms with van der Waals surface area (Å²) >= 11 is 0. The summed E-state index contributed by atoms with van der Waals surface area (Å²) in [6.07, 6.45) is 2.72. The zero-order chi connectivity index (χ0) is 50.4.